The minimum atomic E-state index is 0.631. The number of aromatic nitrogens is 1. The topological polar surface area (TPSA) is 48.7 Å². The minimum Gasteiger partial charge on any atom is -0.354 e. The predicted molar refractivity (Wildman–Crippen MR) is 85.7 cm³/mol. The Morgan fingerprint density at radius 2 is 1.81 bits per heavy atom. The molecular formula is C18H15N3. The molecule has 0 fully saturated rings. The molecule has 0 atom stereocenters. The van der Waals surface area contributed by atoms with Crippen molar-refractivity contribution in [2.75, 3.05) is 5.32 Å². The maximum Gasteiger partial charge on any atom is 0.101 e. The lowest BCUT2D eigenvalue weighted by Gasteiger charge is -2.12. The van der Waals surface area contributed by atoms with Gasteiger partial charge in [-0.2, -0.15) is 5.26 Å². The van der Waals surface area contributed by atoms with Crippen molar-refractivity contribution in [1.82, 2.24) is 4.98 Å². The van der Waals surface area contributed by atoms with Gasteiger partial charge in [-0.1, -0.05) is 24.3 Å². The number of rotatable bonds is 2. The van der Waals surface area contributed by atoms with Crippen molar-refractivity contribution in [2.45, 2.75) is 13.8 Å². The quantitative estimate of drug-likeness (QED) is 0.749. The standard InChI is InChI=1S/C18H15N3/c1-12-7-8-15-17(9-10-20-18(15)13(12)2)21-16-6-4-3-5-14(16)11-19/h3-10H,1-2H3,(H,20,21). The van der Waals surface area contributed by atoms with Gasteiger partial charge in [0.2, 0.25) is 0 Å². The van der Waals surface area contributed by atoms with Crippen molar-refractivity contribution in [3.05, 3.63) is 65.4 Å². The second-order valence-corrected chi connectivity index (χ2v) is 5.04. The number of hydrogen-bond donors (Lipinski definition) is 1. The van der Waals surface area contributed by atoms with Crippen molar-refractivity contribution in [3.63, 3.8) is 0 Å². The van der Waals surface area contributed by atoms with E-state index in [1.54, 1.807) is 12.3 Å². The van der Waals surface area contributed by atoms with Crippen LogP contribution in [0.5, 0.6) is 0 Å². The summed E-state index contributed by atoms with van der Waals surface area (Å²) in [5.41, 5.74) is 5.81. The molecule has 0 saturated carbocycles. The molecule has 2 aromatic carbocycles. The molecule has 102 valence electrons. The number of nitriles is 1. The van der Waals surface area contributed by atoms with E-state index in [2.05, 4.69) is 42.4 Å². The van der Waals surface area contributed by atoms with Gasteiger partial charge in [-0.3, -0.25) is 4.98 Å². The summed E-state index contributed by atoms with van der Waals surface area (Å²) in [4.78, 5) is 4.48. The molecule has 1 N–H and O–H groups in total. The van der Waals surface area contributed by atoms with Crippen LogP contribution in [0.1, 0.15) is 16.7 Å². The highest BCUT2D eigenvalue weighted by Gasteiger charge is 2.08. The molecule has 0 saturated heterocycles. The Morgan fingerprint density at radius 1 is 1.00 bits per heavy atom. The van der Waals surface area contributed by atoms with Crippen LogP contribution in [-0.2, 0) is 0 Å². The summed E-state index contributed by atoms with van der Waals surface area (Å²) in [6, 6.07) is 15.8. The molecule has 0 amide bonds. The smallest absolute Gasteiger partial charge is 0.101 e. The molecule has 21 heavy (non-hydrogen) atoms. The monoisotopic (exact) mass is 273 g/mol. The molecule has 0 aliphatic rings. The fraction of sp³-hybridized carbons (Fsp3) is 0.111. The van der Waals surface area contributed by atoms with Gasteiger partial charge in [-0.25, -0.2) is 0 Å². The number of para-hydroxylation sites is 1. The summed E-state index contributed by atoms with van der Waals surface area (Å²) in [7, 11) is 0. The number of aryl methyl sites for hydroxylation is 2. The number of hydrogen-bond acceptors (Lipinski definition) is 3. The van der Waals surface area contributed by atoms with Gasteiger partial charge in [0.1, 0.15) is 6.07 Å². The van der Waals surface area contributed by atoms with Crippen LogP contribution in [0.4, 0.5) is 11.4 Å². The maximum atomic E-state index is 9.19. The molecule has 0 bridgehead atoms. The van der Waals surface area contributed by atoms with E-state index in [1.165, 1.54) is 11.1 Å². The van der Waals surface area contributed by atoms with Gasteiger partial charge in [0, 0.05) is 17.3 Å². The van der Waals surface area contributed by atoms with E-state index in [0.29, 0.717) is 5.56 Å². The van der Waals surface area contributed by atoms with Crippen molar-refractivity contribution >= 4 is 22.3 Å². The predicted octanol–water partition coefficient (Wildman–Crippen LogP) is 4.47. The Balaban J connectivity index is 2.14. The van der Waals surface area contributed by atoms with E-state index in [4.69, 9.17) is 0 Å². The van der Waals surface area contributed by atoms with Gasteiger partial charge >= 0.3 is 0 Å². The molecule has 0 aliphatic carbocycles. The van der Waals surface area contributed by atoms with Gasteiger partial charge in [0.15, 0.2) is 0 Å². The molecule has 0 unspecified atom stereocenters. The Morgan fingerprint density at radius 3 is 2.62 bits per heavy atom. The fourth-order valence-corrected chi connectivity index (χ4v) is 2.40. The summed E-state index contributed by atoms with van der Waals surface area (Å²) >= 11 is 0. The number of nitrogens with one attached hydrogen (secondary N) is 1. The van der Waals surface area contributed by atoms with Gasteiger partial charge < -0.3 is 5.32 Å². The van der Waals surface area contributed by atoms with Gasteiger partial charge in [0.25, 0.3) is 0 Å². The van der Waals surface area contributed by atoms with Crippen LogP contribution in [0, 0.1) is 25.2 Å². The zero-order valence-corrected chi connectivity index (χ0v) is 12.0. The van der Waals surface area contributed by atoms with Crippen molar-refractivity contribution < 1.29 is 0 Å². The van der Waals surface area contributed by atoms with Gasteiger partial charge in [-0.15, -0.1) is 0 Å². The first-order valence-electron chi connectivity index (χ1n) is 6.82. The summed E-state index contributed by atoms with van der Waals surface area (Å²) in [5.74, 6) is 0. The molecular weight excluding hydrogens is 258 g/mol. The first-order chi connectivity index (χ1) is 10.2. The van der Waals surface area contributed by atoms with Gasteiger partial charge in [-0.05, 0) is 43.2 Å². The van der Waals surface area contributed by atoms with Crippen molar-refractivity contribution in [2.24, 2.45) is 0 Å². The third-order valence-electron chi connectivity index (χ3n) is 3.75. The molecule has 0 spiro atoms. The van der Waals surface area contributed by atoms with Crippen LogP contribution in [0.15, 0.2) is 48.7 Å². The minimum absolute atomic E-state index is 0.631. The van der Waals surface area contributed by atoms with E-state index in [9.17, 15) is 5.26 Å². The summed E-state index contributed by atoms with van der Waals surface area (Å²) in [6.07, 6.45) is 1.80. The number of nitrogens with zero attached hydrogens (tertiary/aromatic N) is 2. The molecule has 3 aromatic rings. The Labute approximate surface area is 123 Å². The maximum absolute atomic E-state index is 9.19. The fourth-order valence-electron chi connectivity index (χ4n) is 2.40. The molecule has 1 heterocycles. The van der Waals surface area contributed by atoms with Crippen LogP contribution in [-0.4, -0.2) is 4.98 Å². The van der Waals surface area contributed by atoms with Crippen LogP contribution >= 0.6 is 0 Å². The van der Waals surface area contributed by atoms with E-state index in [-0.39, 0.29) is 0 Å². The molecule has 3 nitrogen and oxygen atoms in total. The van der Waals surface area contributed by atoms with Crippen LogP contribution in [0.3, 0.4) is 0 Å². The molecule has 3 rings (SSSR count). The lowest BCUT2D eigenvalue weighted by atomic mass is 10.0. The Bertz CT molecular complexity index is 860. The second kappa shape index (κ2) is 5.26. The molecule has 0 radical (unpaired) electrons. The highest BCUT2D eigenvalue weighted by atomic mass is 14.9. The van der Waals surface area contributed by atoms with Crippen LogP contribution < -0.4 is 5.32 Å². The lowest BCUT2D eigenvalue weighted by molar-refractivity contribution is 1.31. The number of pyridine rings is 1. The third-order valence-corrected chi connectivity index (χ3v) is 3.75. The second-order valence-electron chi connectivity index (χ2n) is 5.04. The number of anilines is 2. The average molecular weight is 273 g/mol. The summed E-state index contributed by atoms with van der Waals surface area (Å²) in [5, 5.41) is 13.6. The highest BCUT2D eigenvalue weighted by molar-refractivity contribution is 5.95. The van der Waals surface area contributed by atoms with E-state index in [1.807, 2.05) is 24.3 Å². The average Bonchev–Trinajstić information content (AvgIpc) is 2.52. The number of fused-ring (bicyclic) bond motifs is 1. The highest BCUT2D eigenvalue weighted by Crippen LogP contribution is 2.29. The number of benzene rings is 2. The van der Waals surface area contributed by atoms with E-state index >= 15 is 0 Å². The van der Waals surface area contributed by atoms with Crippen LogP contribution in [0.25, 0.3) is 10.9 Å². The largest absolute Gasteiger partial charge is 0.354 e. The van der Waals surface area contributed by atoms with E-state index < -0.39 is 0 Å². The van der Waals surface area contributed by atoms with Gasteiger partial charge in [0.05, 0.1) is 16.8 Å². The normalized spacial score (nSPS) is 10.3. The third kappa shape index (κ3) is 2.32. The first-order valence-corrected chi connectivity index (χ1v) is 6.82. The van der Waals surface area contributed by atoms with E-state index in [0.717, 1.165) is 22.3 Å². The summed E-state index contributed by atoms with van der Waals surface area (Å²) in [6.45, 7) is 4.17. The SMILES string of the molecule is Cc1ccc2c(Nc3ccccc3C#N)ccnc2c1C. The molecule has 1 aromatic heterocycles. The van der Waals surface area contributed by atoms with Crippen molar-refractivity contribution in [3.8, 4) is 6.07 Å². The van der Waals surface area contributed by atoms with Crippen molar-refractivity contribution in [1.29, 1.82) is 5.26 Å². The zero-order valence-electron chi connectivity index (χ0n) is 12.0. The molecule has 3 heteroatoms. The van der Waals surface area contributed by atoms with Crippen LogP contribution in [0.2, 0.25) is 0 Å². The first kappa shape index (κ1) is 13.1. The Hall–Kier alpha value is -2.86. The Kier molecular flexibility index (Phi) is 3.29. The lowest BCUT2D eigenvalue weighted by Crippen LogP contribution is -1.96. The zero-order chi connectivity index (χ0) is 14.8. The summed E-state index contributed by atoms with van der Waals surface area (Å²) < 4.78 is 0. The molecule has 0 aliphatic heterocycles.